The van der Waals surface area contributed by atoms with Gasteiger partial charge < -0.3 is 10.0 Å². The van der Waals surface area contributed by atoms with Crippen molar-refractivity contribution < 1.29 is 5.11 Å². The fraction of sp³-hybridized carbons (Fsp3) is 0.833. The minimum absolute atomic E-state index is 0.278. The van der Waals surface area contributed by atoms with Gasteiger partial charge in [0.1, 0.15) is 12.4 Å². The van der Waals surface area contributed by atoms with E-state index in [2.05, 4.69) is 28.8 Å². The maximum atomic E-state index is 10.6. The van der Waals surface area contributed by atoms with Crippen LogP contribution in [0.4, 0.5) is 0 Å². The lowest BCUT2D eigenvalue weighted by atomic mass is 9.84. The van der Waals surface area contributed by atoms with Gasteiger partial charge in [0.15, 0.2) is 5.82 Å². The third-order valence-electron chi connectivity index (χ3n) is 3.81. The predicted octanol–water partition coefficient (Wildman–Crippen LogP) is 1.45. The van der Waals surface area contributed by atoms with E-state index in [4.69, 9.17) is 0 Å². The van der Waals surface area contributed by atoms with Crippen LogP contribution in [0.1, 0.15) is 45.5 Å². The van der Waals surface area contributed by atoms with Crippen molar-refractivity contribution in [1.29, 1.82) is 0 Å². The topological polar surface area (TPSA) is 54.2 Å². The molecule has 1 heterocycles. The Hall–Kier alpha value is -0.940. The third-order valence-corrected chi connectivity index (χ3v) is 3.81. The Bertz CT molecular complexity index is 344. The molecule has 0 saturated carbocycles. The quantitative estimate of drug-likeness (QED) is 0.817. The second-order valence-corrected chi connectivity index (χ2v) is 4.54. The summed E-state index contributed by atoms with van der Waals surface area (Å²) in [5, 5.41) is 14.8. The zero-order valence-electron chi connectivity index (χ0n) is 11.5. The molecular formula is C12H24N4O. The van der Waals surface area contributed by atoms with Crippen molar-refractivity contribution in [2.24, 2.45) is 0 Å². The van der Waals surface area contributed by atoms with Crippen LogP contribution in [0.25, 0.3) is 0 Å². The number of rotatable bonds is 6. The van der Waals surface area contributed by atoms with Gasteiger partial charge in [-0.05, 0) is 33.9 Å². The van der Waals surface area contributed by atoms with Gasteiger partial charge in [-0.25, -0.2) is 9.67 Å². The summed E-state index contributed by atoms with van der Waals surface area (Å²) in [6.07, 6.45) is 2.63. The molecule has 5 heteroatoms. The highest BCUT2D eigenvalue weighted by Crippen LogP contribution is 2.34. The maximum Gasteiger partial charge on any atom is 0.157 e. The molecule has 1 unspecified atom stereocenters. The summed E-state index contributed by atoms with van der Waals surface area (Å²) in [5.41, 5.74) is -0.278. The van der Waals surface area contributed by atoms with Crippen LogP contribution >= 0.6 is 0 Å². The molecule has 0 aliphatic rings. The van der Waals surface area contributed by atoms with E-state index in [0.717, 1.165) is 19.4 Å². The number of aliphatic hydroxyl groups is 1. The normalized spacial score (nSPS) is 14.3. The highest BCUT2D eigenvalue weighted by Gasteiger charge is 2.40. The summed E-state index contributed by atoms with van der Waals surface area (Å²) in [4.78, 5) is 6.30. The first kappa shape index (κ1) is 14.1. The molecule has 98 valence electrons. The van der Waals surface area contributed by atoms with E-state index in [1.54, 1.807) is 4.68 Å². The molecule has 5 nitrogen and oxygen atoms in total. The van der Waals surface area contributed by atoms with E-state index in [9.17, 15) is 5.11 Å². The first-order valence-electron chi connectivity index (χ1n) is 6.26. The van der Waals surface area contributed by atoms with E-state index in [-0.39, 0.29) is 5.54 Å². The van der Waals surface area contributed by atoms with Gasteiger partial charge in [0.25, 0.3) is 0 Å². The predicted molar refractivity (Wildman–Crippen MR) is 67.7 cm³/mol. The molecule has 1 rings (SSSR count). The summed E-state index contributed by atoms with van der Waals surface area (Å²) in [5.74, 6) is 0.657. The molecule has 0 saturated heterocycles. The van der Waals surface area contributed by atoms with Crippen molar-refractivity contribution in [3.63, 3.8) is 0 Å². The molecule has 1 aromatic heterocycles. The highest BCUT2D eigenvalue weighted by molar-refractivity contribution is 5.04. The smallest absolute Gasteiger partial charge is 0.157 e. The number of aromatic nitrogens is 3. The lowest BCUT2D eigenvalue weighted by Gasteiger charge is -2.42. The van der Waals surface area contributed by atoms with Gasteiger partial charge in [0.05, 0.1) is 5.54 Å². The molecule has 1 aromatic rings. The number of hydrogen-bond acceptors (Lipinski definition) is 4. The van der Waals surface area contributed by atoms with E-state index in [0.29, 0.717) is 5.82 Å². The Kier molecular flexibility index (Phi) is 4.65. The minimum atomic E-state index is -0.616. The van der Waals surface area contributed by atoms with Crippen LogP contribution < -0.4 is 0 Å². The molecule has 0 aliphatic carbocycles. The molecular weight excluding hydrogens is 216 g/mol. The van der Waals surface area contributed by atoms with Crippen LogP contribution in [0, 0.1) is 0 Å². The van der Waals surface area contributed by atoms with E-state index in [1.807, 2.05) is 21.0 Å². The monoisotopic (exact) mass is 240 g/mol. The Morgan fingerprint density at radius 3 is 2.35 bits per heavy atom. The number of aryl methyl sites for hydroxylation is 1. The Labute approximate surface area is 103 Å². The molecule has 17 heavy (non-hydrogen) atoms. The zero-order chi connectivity index (χ0) is 13.1. The van der Waals surface area contributed by atoms with Crippen LogP contribution in [0.5, 0.6) is 0 Å². The van der Waals surface area contributed by atoms with Gasteiger partial charge in [-0.15, -0.1) is 0 Å². The number of aliphatic hydroxyl groups excluding tert-OH is 1. The van der Waals surface area contributed by atoms with Crippen LogP contribution in [0.3, 0.4) is 0 Å². The lowest BCUT2D eigenvalue weighted by molar-refractivity contribution is -0.0223. The van der Waals surface area contributed by atoms with Crippen LogP contribution in [-0.4, -0.2) is 44.4 Å². The molecule has 1 atom stereocenters. The lowest BCUT2D eigenvalue weighted by Crippen LogP contribution is -2.49. The van der Waals surface area contributed by atoms with E-state index in [1.165, 1.54) is 6.33 Å². The molecule has 0 radical (unpaired) electrons. The first-order valence-corrected chi connectivity index (χ1v) is 6.26. The summed E-state index contributed by atoms with van der Waals surface area (Å²) in [6, 6.07) is 0. The summed E-state index contributed by atoms with van der Waals surface area (Å²) in [7, 11) is 4.01. The van der Waals surface area contributed by atoms with Gasteiger partial charge in [-0.3, -0.25) is 0 Å². The van der Waals surface area contributed by atoms with Gasteiger partial charge in [0.2, 0.25) is 0 Å². The molecule has 0 aromatic carbocycles. The van der Waals surface area contributed by atoms with Gasteiger partial charge in [-0.2, -0.15) is 5.10 Å². The average Bonchev–Trinajstić information content (AvgIpc) is 2.78. The Balaban J connectivity index is 3.12. The molecule has 0 fully saturated rings. The summed E-state index contributed by atoms with van der Waals surface area (Å²) >= 11 is 0. The van der Waals surface area contributed by atoms with Crippen molar-refractivity contribution in [2.75, 3.05) is 14.1 Å². The Morgan fingerprint density at radius 1 is 1.35 bits per heavy atom. The van der Waals surface area contributed by atoms with Crippen molar-refractivity contribution in [3.8, 4) is 0 Å². The maximum absolute atomic E-state index is 10.6. The number of likely N-dealkylation sites (N-methyl/N-ethyl adjacent to an activating group) is 1. The first-order chi connectivity index (χ1) is 8.03. The highest BCUT2D eigenvalue weighted by atomic mass is 16.3. The number of hydrogen-bond donors (Lipinski definition) is 1. The minimum Gasteiger partial charge on any atom is -0.383 e. The van der Waals surface area contributed by atoms with Crippen molar-refractivity contribution >= 4 is 0 Å². The van der Waals surface area contributed by atoms with Crippen molar-refractivity contribution in [1.82, 2.24) is 19.7 Å². The van der Waals surface area contributed by atoms with E-state index < -0.39 is 6.10 Å². The molecule has 0 bridgehead atoms. The Morgan fingerprint density at radius 2 is 1.94 bits per heavy atom. The van der Waals surface area contributed by atoms with Crippen LogP contribution in [0.15, 0.2) is 6.33 Å². The second-order valence-electron chi connectivity index (χ2n) is 4.54. The second kappa shape index (κ2) is 5.60. The van der Waals surface area contributed by atoms with Crippen molar-refractivity contribution in [2.45, 2.75) is 51.8 Å². The zero-order valence-corrected chi connectivity index (χ0v) is 11.5. The summed E-state index contributed by atoms with van der Waals surface area (Å²) in [6.45, 7) is 6.92. The van der Waals surface area contributed by atoms with E-state index >= 15 is 0 Å². The molecule has 0 amide bonds. The molecule has 1 N–H and O–H groups in total. The standard InChI is InChI=1S/C12H24N4O/c1-6-12(7-2,15(4)5)10(17)11-13-9-14-16(11)8-3/h9-10,17H,6-8H2,1-5H3. The fourth-order valence-electron chi connectivity index (χ4n) is 2.48. The SMILES string of the molecule is CCn1ncnc1C(O)C(CC)(CC)N(C)C. The number of nitrogens with zero attached hydrogens (tertiary/aromatic N) is 4. The molecule has 0 spiro atoms. The summed E-state index contributed by atoms with van der Waals surface area (Å²) < 4.78 is 1.76. The van der Waals surface area contributed by atoms with Gasteiger partial charge in [0, 0.05) is 6.54 Å². The van der Waals surface area contributed by atoms with Crippen molar-refractivity contribution in [3.05, 3.63) is 12.2 Å². The third kappa shape index (κ3) is 2.35. The fourth-order valence-corrected chi connectivity index (χ4v) is 2.48. The van der Waals surface area contributed by atoms with Gasteiger partial charge in [-0.1, -0.05) is 13.8 Å². The van der Waals surface area contributed by atoms with Gasteiger partial charge >= 0.3 is 0 Å². The van der Waals surface area contributed by atoms with Crippen LogP contribution in [0.2, 0.25) is 0 Å². The largest absolute Gasteiger partial charge is 0.383 e. The van der Waals surface area contributed by atoms with Crippen LogP contribution in [-0.2, 0) is 6.54 Å². The average molecular weight is 240 g/mol. The molecule has 0 aliphatic heterocycles.